The molecule has 1 aliphatic heterocycles. The number of nitrogens with zero attached hydrogens (tertiary/aromatic N) is 2. The SMILES string of the molecule is COc1ccc(CCNC(=O)C2CCn3nccc3C2)cc1OC. The molecule has 6 heteroatoms. The number of rotatable bonds is 6. The van der Waals surface area contributed by atoms with Crippen molar-refractivity contribution >= 4 is 5.91 Å². The molecule has 6 nitrogen and oxygen atoms in total. The first kappa shape index (κ1) is 16.4. The van der Waals surface area contributed by atoms with E-state index in [2.05, 4.69) is 10.4 Å². The number of hydrogen-bond acceptors (Lipinski definition) is 4. The molecule has 0 spiro atoms. The van der Waals surface area contributed by atoms with Crippen LogP contribution in [-0.2, 0) is 24.2 Å². The largest absolute Gasteiger partial charge is 0.493 e. The van der Waals surface area contributed by atoms with Crippen molar-refractivity contribution in [2.75, 3.05) is 20.8 Å². The van der Waals surface area contributed by atoms with Gasteiger partial charge in [-0.3, -0.25) is 9.48 Å². The third kappa shape index (κ3) is 3.53. The van der Waals surface area contributed by atoms with Crippen molar-refractivity contribution in [2.24, 2.45) is 5.92 Å². The summed E-state index contributed by atoms with van der Waals surface area (Å²) in [6.07, 6.45) is 4.17. The van der Waals surface area contributed by atoms with Crippen molar-refractivity contribution in [2.45, 2.75) is 25.8 Å². The Morgan fingerprint density at radius 2 is 2.12 bits per heavy atom. The molecule has 2 heterocycles. The molecule has 1 aromatic carbocycles. The number of carbonyl (C=O) groups is 1. The zero-order chi connectivity index (χ0) is 16.9. The summed E-state index contributed by atoms with van der Waals surface area (Å²) in [5, 5.41) is 7.29. The first-order chi connectivity index (χ1) is 11.7. The van der Waals surface area contributed by atoms with E-state index in [0.29, 0.717) is 18.0 Å². The van der Waals surface area contributed by atoms with Gasteiger partial charge < -0.3 is 14.8 Å². The van der Waals surface area contributed by atoms with Crippen LogP contribution in [0.4, 0.5) is 0 Å². The minimum absolute atomic E-state index is 0.0413. The number of ether oxygens (including phenoxy) is 2. The highest BCUT2D eigenvalue weighted by Gasteiger charge is 2.24. The molecule has 0 aliphatic carbocycles. The fourth-order valence-corrected chi connectivity index (χ4v) is 3.10. The van der Waals surface area contributed by atoms with Gasteiger partial charge in [0.1, 0.15) is 0 Å². The molecule has 3 rings (SSSR count). The lowest BCUT2D eigenvalue weighted by atomic mass is 9.95. The minimum atomic E-state index is 0.0413. The van der Waals surface area contributed by atoms with Crippen LogP contribution in [-0.4, -0.2) is 36.5 Å². The molecule has 128 valence electrons. The second-order valence-electron chi connectivity index (χ2n) is 5.97. The van der Waals surface area contributed by atoms with Gasteiger partial charge in [0, 0.05) is 37.3 Å². The van der Waals surface area contributed by atoms with Crippen molar-refractivity contribution in [3.8, 4) is 11.5 Å². The van der Waals surface area contributed by atoms with E-state index < -0.39 is 0 Å². The van der Waals surface area contributed by atoms with Crippen LogP contribution in [0.15, 0.2) is 30.5 Å². The van der Waals surface area contributed by atoms with E-state index >= 15 is 0 Å². The van der Waals surface area contributed by atoms with Crippen molar-refractivity contribution < 1.29 is 14.3 Å². The first-order valence-electron chi connectivity index (χ1n) is 8.20. The van der Waals surface area contributed by atoms with Gasteiger partial charge in [-0.25, -0.2) is 0 Å². The summed E-state index contributed by atoms with van der Waals surface area (Å²) in [7, 11) is 3.24. The average Bonchev–Trinajstić information content (AvgIpc) is 3.09. The minimum Gasteiger partial charge on any atom is -0.493 e. The Balaban J connectivity index is 1.50. The van der Waals surface area contributed by atoms with Crippen LogP contribution in [0, 0.1) is 5.92 Å². The Kier molecular flexibility index (Phi) is 5.03. The molecule has 0 bridgehead atoms. The van der Waals surface area contributed by atoms with Gasteiger partial charge in [-0.1, -0.05) is 6.07 Å². The van der Waals surface area contributed by atoms with E-state index in [-0.39, 0.29) is 11.8 Å². The molecule has 1 unspecified atom stereocenters. The number of methoxy groups -OCH3 is 2. The summed E-state index contributed by atoms with van der Waals surface area (Å²) < 4.78 is 12.5. The monoisotopic (exact) mass is 329 g/mol. The van der Waals surface area contributed by atoms with Crippen LogP contribution in [0.25, 0.3) is 0 Å². The lowest BCUT2D eigenvalue weighted by Crippen LogP contribution is -2.36. The highest BCUT2D eigenvalue weighted by molar-refractivity contribution is 5.79. The van der Waals surface area contributed by atoms with Gasteiger partial charge >= 0.3 is 0 Å². The molecule has 1 aromatic heterocycles. The summed E-state index contributed by atoms with van der Waals surface area (Å²) in [5.41, 5.74) is 2.25. The number of hydrogen-bond donors (Lipinski definition) is 1. The molecule has 1 aliphatic rings. The van der Waals surface area contributed by atoms with Gasteiger partial charge in [-0.15, -0.1) is 0 Å². The Morgan fingerprint density at radius 3 is 2.92 bits per heavy atom. The highest BCUT2D eigenvalue weighted by atomic mass is 16.5. The second kappa shape index (κ2) is 7.38. The smallest absolute Gasteiger partial charge is 0.223 e. The van der Waals surface area contributed by atoms with Crippen LogP contribution >= 0.6 is 0 Å². The average molecular weight is 329 g/mol. The van der Waals surface area contributed by atoms with Crippen LogP contribution in [0.5, 0.6) is 11.5 Å². The van der Waals surface area contributed by atoms with Crippen molar-refractivity contribution in [1.29, 1.82) is 0 Å². The van der Waals surface area contributed by atoms with E-state index in [1.165, 1.54) is 0 Å². The normalized spacial score (nSPS) is 16.3. The number of aryl methyl sites for hydroxylation is 1. The van der Waals surface area contributed by atoms with E-state index in [9.17, 15) is 4.79 Å². The molecular formula is C18H23N3O3. The molecular weight excluding hydrogens is 306 g/mol. The maximum atomic E-state index is 12.4. The molecule has 0 fully saturated rings. The molecule has 24 heavy (non-hydrogen) atoms. The number of aromatic nitrogens is 2. The van der Waals surface area contributed by atoms with E-state index in [4.69, 9.17) is 9.47 Å². The number of benzene rings is 1. The van der Waals surface area contributed by atoms with Gasteiger partial charge in [-0.2, -0.15) is 5.10 Å². The zero-order valence-electron chi connectivity index (χ0n) is 14.1. The zero-order valence-corrected chi connectivity index (χ0v) is 14.1. The molecule has 1 amide bonds. The molecule has 1 atom stereocenters. The Morgan fingerprint density at radius 1 is 1.29 bits per heavy atom. The fraction of sp³-hybridized carbons (Fsp3) is 0.444. The van der Waals surface area contributed by atoms with Crippen molar-refractivity contribution in [3.05, 3.63) is 41.7 Å². The maximum absolute atomic E-state index is 12.4. The molecule has 0 saturated carbocycles. The first-order valence-corrected chi connectivity index (χ1v) is 8.20. The standard InChI is InChI=1S/C18H23N3O3/c1-23-16-4-3-13(11-17(16)24-2)5-8-19-18(22)14-7-10-21-15(12-14)6-9-20-21/h3-4,6,9,11,14H,5,7-8,10,12H2,1-2H3,(H,19,22). The Hall–Kier alpha value is -2.50. The topological polar surface area (TPSA) is 65.4 Å². The fourth-order valence-electron chi connectivity index (χ4n) is 3.10. The number of fused-ring (bicyclic) bond motifs is 1. The quantitative estimate of drug-likeness (QED) is 0.878. The number of amides is 1. The van der Waals surface area contributed by atoms with Crippen molar-refractivity contribution in [3.63, 3.8) is 0 Å². The van der Waals surface area contributed by atoms with E-state index in [1.807, 2.05) is 28.9 Å². The predicted octanol–water partition coefficient (Wildman–Crippen LogP) is 1.82. The van der Waals surface area contributed by atoms with Crippen molar-refractivity contribution in [1.82, 2.24) is 15.1 Å². The van der Waals surface area contributed by atoms with Crippen LogP contribution < -0.4 is 14.8 Å². The van der Waals surface area contributed by atoms with E-state index in [1.54, 1.807) is 20.4 Å². The maximum Gasteiger partial charge on any atom is 0.223 e. The Bertz CT molecular complexity index is 711. The van der Waals surface area contributed by atoms with Gasteiger partial charge in [-0.05, 0) is 36.6 Å². The van der Waals surface area contributed by atoms with E-state index in [0.717, 1.165) is 37.1 Å². The van der Waals surface area contributed by atoms with Gasteiger partial charge in [0.05, 0.1) is 14.2 Å². The Labute approximate surface area is 141 Å². The summed E-state index contributed by atoms with van der Waals surface area (Å²) >= 11 is 0. The lowest BCUT2D eigenvalue weighted by molar-refractivity contribution is -0.125. The van der Waals surface area contributed by atoms with Gasteiger partial charge in [0.15, 0.2) is 11.5 Å². The second-order valence-corrected chi connectivity index (χ2v) is 5.97. The molecule has 1 N–H and O–H groups in total. The van der Waals surface area contributed by atoms with Gasteiger partial charge in [0.2, 0.25) is 5.91 Å². The van der Waals surface area contributed by atoms with Crippen LogP contribution in [0.2, 0.25) is 0 Å². The summed E-state index contributed by atoms with van der Waals surface area (Å²) in [6.45, 7) is 1.43. The molecule has 0 radical (unpaired) electrons. The summed E-state index contributed by atoms with van der Waals surface area (Å²) in [6, 6.07) is 7.82. The summed E-state index contributed by atoms with van der Waals surface area (Å²) in [4.78, 5) is 12.4. The molecule has 2 aromatic rings. The predicted molar refractivity (Wildman–Crippen MR) is 90.3 cm³/mol. The highest BCUT2D eigenvalue weighted by Crippen LogP contribution is 2.27. The number of carbonyl (C=O) groups excluding carboxylic acids is 1. The third-order valence-corrected chi connectivity index (χ3v) is 4.48. The number of nitrogens with one attached hydrogen (secondary N) is 1. The summed E-state index contributed by atoms with van der Waals surface area (Å²) in [5.74, 6) is 1.59. The van der Waals surface area contributed by atoms with Gasteiger partial charge in [0.25, 0.3) is 0 Å². The lowest BCUT2D eigenvalue weighted by Gasteiger charge is -2.22. The third-order valence-electron chi connectivity index (χ3n) is 4.48. The molecule has 0 saturated heterocycles. The van der Waals surface area contributed by atoms with Crippen LogP contribution in [0.1, 0.15) is 17.7 Å². The van der Waals surface area contributed by atoms with Crippen LogP contribution in [0.3, 0.4) is 0 Å².